The van der Waals surface area contributed by atoms with Crippen LogP contribution in [-0.4, -0.2) is 32.0 Å². The van der Waals surface area contributed by atoms with Gasteiger partial charge in [0.05, 0.1) is 0 Å². The largest absolute Gasteiger partial charge is 0.382 e. The predicted molar refractivity (Wildman–Crippen MR) is 72.5 cm³/mol. The lowest BCUT2D eigenvalue weighted by Gasteiger charge is -2.28. The van der Waals surface area contributed by atoms with E-state index in [1.807, 2.05) is 0 Å². The average Bonchev–Trinajstić information content (AvgIpc) is 2.94. The summed E-state index contributed by atoms with van der Waals surface area (Å²) in [5, 5.41) is 3.67. The number of nitrogens with zero attached hydrogens (tertiary/aromatic N) is 3. The Bertz CT molecular complexity index is 594. The summed E-state index contributed by atoms with van der Waals surface area (Å²) < 4.78 is 0. The van der Waals surface area contributed by atoms with Gasteiger partial charge in [-0.2, -0.15) is 0 Å². The molecule has 2 aliphatic rings. The van der Waals surface area contributed by atoms with E-state index in [-0.39, 0.29) is 0 Å². The Morgan fingerprint density at radius 3 is 2.74 bits per heavy atom. The SMILES string of the molecule is Nc1ncnc2nc(CC3CC4CCC(C3)N4)[nH]c12. The molecule has 6 nitrogen and oxygen atoms in total. The number of imidazole rings is 1. The molecule has 2 unspecified atom stereocenters. The van der Waals surface area contributed by atoms with Crippen LogP contribution in [0.1, 0.15) is 31.5 Å². The minimum absolute atomic E-state index is 0.481. The second-order valence-corrected chi connectivity index (χ2v) is 5.82. The third-order valence-corrected chi connectivity index (χ3v) is 4.42. The van der Waals surface area contributed by atoms with Crippen LogP contribution in [0.2, 0.25) is 0 Å². The van der Waals surface area contributed by atoms with Gasteiger partial charge >= 0.3 is 0 Å². The molecule has 2 fully saturated rings. The molecular formula is C13H18N6. The van der Waals surface area contributed by atoms with Gasteiger partial charge in [-0.25, -0.2) is 15.0 Å². The van der Waals surface area contributed by atoms with Crippen molar-refractivity contribution in [2.24, 2.45) is 5.92 Å². The Morgan fingerprint density at radius 2 is 2.00 bits per heavy atom. The maximum Gasteiger partial charge on any atom is 0.183 e. The summed E-state index contributed by atoms with van der Waals surface area (Å²) in [6.07, 6.45) is 7.64. The van der Waals surface area contributed by atoms with Gasteiger partial charge in [0.25, 0.3) is 0 Å². The summed E-state index contributed by atoms with van der Waals surface area (Å²) >= 11 is 0. The summed E-state index contributed by atoms with van der Waals surface area (Å²) in [7, 11) is 0. The normalized spacial score (nSPS) is 30.0. The Hall–Kier alpha value is -1.69. The third-order valence-electron chi connectivity index (χ3n) is 4.42. The van der Waals surface area contributed by atoms with Gasteiger partial charge in [-0.1, -0.05) is 0 Å². The number of hydrogen-bond donors (Lipinski definition) is 3. The van der Waals surface area contributed by atoms with Crippen molar-refractivity contribution in [3.8, 4) is 0 Å². The summed E-state index contributed by atoms with van der Waals surface area (Å²) in [6, 6.07) is 1.44. The summed E-state index contributed by atoms with van der Waals surface area (Å²) in [6.45, 7) is 0. The molecule has 2 saturated heterocycles. The fourth-order valence-electron chi connectivity index (χ4n) is 3.61. The van der Waals surface area contributed by atoms with E-state index in [2.05, 4.69) is 25.3 Å². The third kappa shape index (κ3) is 1.96. The van der Waals surface area contributed by atoms with Crippen molar-refractivity contribution < 1.29 is 0 Å². The van der Waals surface area contributed by atoms with Gasteiger partial charge in [0, 0.05) is 18.5 Å². The summed E-state index contributed by atoms with van der Waals surface area (Å²) in [5.41, 5.74) is 7.28. The minimum Gasteiger partial charge on any atom is -0.382 e. The number of nitrogen functional groups attached to an aromatic ring is 1. The van der Waals surface area contributed by atoms with Crippen LogP contribution in [0.3, 0.4) is 0 Å². The van der Waals surface area contributed by atoms with Gasteiger partial charge in [-0.05, 0) is 31.6 Å². The van der Waals surface area contributed by atoms with Crippen LogP contribution in [-0.2, 0) is 6.42 Å². The van der Waals surface area contributed by atoms with Gasteiger partial charge in [0.15, 0.2) is 11.5 Å². The summed E-state index contributed by atoms with van der Waals surface area (Å²) in [4.78, 5) is 15.9. The molecule has 2 aliphatic heterocycles. The van der Waals surface area contributed by atoms with Crippen LogP contribution in [0.4, 0.5) is 5.82 Å². The highest BCUT2D eigenvalue weighted by Crippen LogP contribution is 2.32. The van der Waals surface area contributed by atoms with E-state index in [0.29, 0.717) is 17.4 Å². The van der Waals surface area contributed by atoms with Crippen molar-refractivity contribution >= 4 is 17.0 Å². The quantitative estimate of drug-likeness (QED) is 0.747. The number of fused-ring (bicyclic) bond motifs is 3. The first-order chi connectivity index (χ1) is 9.28. The molecule has 0 saturated carbocycles. The van der Waals surface area contributed by atoms with Crippen LogP contribution in [0.25, 0.3) is 11.2 Å². The Kier molecular flexibility index (Phi) is 2.44. The highest BCUT2D eigenvalue weighted by atomic mass is 15.1. The lowest BCUT2D eigenvalue weighted by atomic mass is 9.89. The standard InChI is InChI=1S/C13H18N6/c14-12-11-13(16-6-15-12)19-10(18-11)5-7-3-8-1-2-9(4-7)17-8/h6-9,17H,1-5H2,(H3,14,15,16,18,19). The molecule has 6 heteroatoms. The topological polar surface area (TPSA) is 92.5 Å². The number of aromatic nitrogens is 4. The molecule has 100 valence electrons. The number of hydrogen-bond acceptors (Lipinski definition) is 5. The Labute approximate surface area is 111 Å². The number of nitrogens with one attached hydrogen (secondary N) is 2. The molecule has 0 aromatic carbocycles. The average molecular weight is 258 g/mol. The number of aromatic amines is 1. The van der Waals surface area contributed by atoms with Gasteiger partial charge in [-0.15, -0.1) is 0 Å². The van der Waals surface area contributed by atoms with Crippen molar-refractivity contribution in [1.29, 1.82) is 0 Å². The molecule has 4 heterocycles. The van der Waals surface area contributed by atoms with Crippen molar-refractivity contribution in [3.63, 3.8) is 0 Å². The molecule has 4 rings (SSSR count). The Morgan fingerprint density at radius 1 is 1.21 bits per heavy atom. The smallest absolute Gasteiger partial charge is 0.183 e. The molecule has 4 N–H and O–H groups in total. The first-order valence-corrected chi connectivity index (χ1v) is 6.99. The lowest BCUT2D eigenvalue weighted by molar-refractivity contribution is 0.295. The maximum atomic E-state index is 5.82. The molecule has 2 aromatic heterocycles. The second kappa shape index (κ2) is 4.16. The van der Waals surface area contributed by atoms with E-state index >= 15 is 0 Å². The second-order valence-electron chi connectivity index (χ2n) is 5.82. The zero-order valence-electron chi connectivity index (χ0n) is 10.8. The molecule has 19 heavy (non-hydrogen) atoms. The van der Waals surface area contributed by atoms with E-state index in [1.54, 1.807) is 0 Å². The van der Waals surface area contributed by atoms with Gasteiger partial charge in [0.1, 0.15) is 17.7 Å². The van der Waals surface area contributed by atoms with Gasteiger partial charge in [-0.3, -0.25) is 0 Å². The van der Waals surface area contributed by atoms with Crippen molar-refractivity contribution in [3.05, 3.63) is 12.2 Å². The highest BCUT2D eigenvalue weighted by Gasteiger charge is 2.33. The molecule has 0 radical (unpaired) electrons. The van der Waals surface area contributed by atoms with E-state index < -0.39 is 0 Å². The number of rotatable bonds is 2. The van der Waals surface area contributed by atoms with Crippen LogP contribution in [0.15, 0.2) is 6.33 Å². The Balaban J connectivity index is 1.56. The number of H-pyrrole nitrogens is 1. The first kappa shape index (κ1) is 11.2. The fourth-order valence-corrected chi connectivity index (χ4v) is 3.61. The predicted octanol–water partition coefficient (Wildman–Crippen LogP) is 1.01. The molecule has 0 aliphatic carbocycles. The monoisotopic (exact) mass is 258 g/mol. The number of anilines is 1. The lowest BCUT2D eigenvalue weighted by Crippen LogP contribution is -2.38. The van der Waals surface area contributed by atoms with E-state index in [9.17, 15) is 0 Å². The molecule has 0 amide bonds. The molecule has 2 atom stereocenters. The maximum absolute atomic E-state index is 5.82. The summed E-state index contributed by atoms with van der Waals surface area (Å²) in [5.74, 6) is 2.19. The van der Waals surface area contributed by atoms with E-state index in [4.69, 9.17) is 5.73 Å². The molecule has 2 aromatic rings. The zero-order valence-corrected chi connectivity index (χ0v) is 10.8. The van der Waals surface area contributed by atoms with Crippen LogP contribution in [0.5, 0.6) is 0 Å². The van der Waals surface area contributed by atoms with Crippen molar-refractivity contribution in [2.45, 2.75) is 44.2 Å². The molecule has 2 bridgehead atoms. The van der Waals surface area contributed by atoms with Crippen LogP contribution < -0.4 is 11.1 Å². The zero-order chi connectivity index (χ0) is 12.8. The highest BCUT2D eigenvalue weighted by molar-refractivity contribution is 5.80. The van der Waals surface area contributed by atoms with Crippen molar-refractivity contribution in [1.82, 2.24) is 25.3 Å². The van der Waals surface area contributed by atoms with Crippen LogP contribution in [0, 0.1) is 5.92 Å². The van der Waals surface area contributed by atoms with Gasteiger partial charge < -0.3 is 16.0 Å². The number of piperidine rings is 1. The fraction of sp³-hybridized carbons (Fsp3) is 0.615. The van der Waals surface area contributed by atoms with Gasteiger partial charge in [0.2, 0.25) is 0 Å². The number of nitrogens with two attached hydrogens (primary N) is 1. The first-order valence-electron chi connectivity index (χ1n) is 6.99. The van der Waals surface area contributed by atoms with E-state index in [0.717, 1.165) is 29.8 Å². The van der Waals surface area contributed by atoms with E-state index in [1.165, 1.54) is 32.0 Å². The molecular weight excluding hydrogens is 240 g/mol. The van der Waals surface area contributed by atoms with Crippen LogP contribution >= 0.6 is 0 Å². The van der Waals surface area contributed by atoms with Crippen molar-refractivity contribution in [2.75, 3.05) is 5.73 Å². The molecule has 0 spiro atoms. The minimum atomic E-state index is 0.481.